The second kappa shape index (κ2) is 4.88. The van der Waals surface area contributed by atoms with E-state index < -0.39 is 5.97 Å². The molecule has 0 spiro atoms. The highest BCUT2D eigenvalue weighted by Crippen LogP contribution is 2.35. The summed E-state index contributed by atoms with van der Waals surface area (Å²) in [6.45, 7) is 5.18. The van der Waals surface area contributed by atoms with Crippen LogP contribution in [0.25, 0.3) is 0 Å². The number of benzene rings is 1. The molecule has 18 heavy (non-hydrogen) atoms. The standard InChI is InChI=1S/C14H20N2O2/c1-9(2)16(8-10-6-7-10)12-5-3-4-11(13(12)15)14(17)18/h3-5,9-10H,6-8,15H2,1-2H3,(H,17,18). The monoisotopic (exact) mass is 248 g/mol. The van der Waals surface area contributed by atoms with Gasteiger partial charge in [-0.2, -0.15) is 0 Å². The van der Waals surface area contributed by atoms with Gasteiger partial charge in [-0.15, -0.1) is 0 Å². The Bertz CT molecular complexity index is 453. The number of nitrogens with two attached hydrogens (primary N) is 1. The van der Waals surface area contributed by atoms with E-state index in [1.807, 2.05) is 6.07 Å². The molecule has 0 amide bonds. The summed E-state index contributed by atoms with van der Waals surface area (Å²) in [6, 6.07) is 5.54. The van der Waals surface area contributed by atoms with Crippen molar-refractivity contribution in [2.75, 3.05) is 17.2 Å². The van der Waals surface area contributed by atoms with Gasteiger partial charge < -0.3 is 15.7 Å². The third kappa shape index (κ3) is 2.58. The Hall–Kier alpha value is -1.71. The minimum absolute atomic E-state index is 0.189. The summed E-state index contributed by atoms with van der Waals surface area (Å²) < 4.78 is 0. The van der Waals surface area contributed by atoms with E-state index in [1.165, 1.54) is 12.8 Å². The zero-order valence-corrected chi connectivity index (χ0v) is 10.9. The molecule has 1 aromatic rings. The maximum absolute atomic E-state index is 11.1. The van der Waals surface area contributed by atoms with Crippen LogP contribution < -0.4 is 10.6 Å². The number of rotatable bonds is 5. The average Bonchev–Trinajstić information content (AvgIpc) is 3.10. The molecule has 0 aromatic heterocycles. The highest BCUT2D eigenvalue weighted by Gasteiger charge is 2.27. The van der Waals surface area contributed by atoms with E-state index in [2.05, 4.69) is 18.7 Å². The fourth-order valence-corrected chi connectivity index (χ4v) is 2.16. The first-order valence-corrected chi connectivity index (χ1v) is 6.39. The molecule has 1 aromatic carbocycles. The number of para-hydroxylation sites is 1. The van der Waals surface area contributed by atoms with Gasteiger partial charge in [0.05, 0.1) is 16.9 Å². The number of carboxylic acid groups (broad SMARTS) is 1. The Morgan fingerprint density at radius 2 is 2.17 bits per heavy atom. The molecule has 4 nitrogen and oxygen atoms in total. The third-order valence-corrected chi connectivity index (χ3v) is 3.40. The van der Waals surface area contributed by atoms with Gasteiger partial charge in [0.1, 0.15) is 0 Å². The number of nitrogen functional groups attached to an aromatic ring is 1. The first-order chi connectivity index (χ1) is 8.50. The zero-order valence-electron chi connectivity index (χ0n) is 10.9. The molecule has 3 N–H and O–H groups in total. The maximum Gasteiger partial charge on any atom is 0.337 e. The van der Waals surface area contributed by atoms with Gasteiger partial charge >= 0.3 is 5.97 Å². The molecular weight excluding hydrogens is 228 g/mol. The van der Waals surface area contributed by atoms with Crippen molar-refractivity contribution in [3.05, 3.63) is 23.8 Å². The van der Waals surface area contributed by atoms with Crippen LogP contribution in [-0.4, -0.2) is 23.7 Å². The van der Waals surface area contributed by atoms with Crippen LogP contribution in [0.5, 0.6) is 0 Å². The fourth-order valence-electron chi connectivity index (χ4n) is 2.16. The van der Waals surface area contributed by atoms with E-state index in [0.29, 0.717) is 11.7 Å². The quantitative estimate of drug-likeness (QED) is 0.786. The lowest BCUT2D eigenvalue weighted by molar-refractivity contribution is 0.0698. The number of hydrogen-bond acceptors (Lipinski definition) is 3. The maximum atomic E-state index is 11.1. The van der Waals surface area contributed by atoms with Gasteiger partial charge in [-0.1, -0.05) is 6.07 Å². The molecule has 1 aliphatic rings. The number of nitrogens with zero attached hydrogens (tertiary/aromatic N) is 1. The van der Waals surface area contributed by atoms with Crippen LogP contribution in [0.2, 0.25) is 0 Å². The van der Waals surface area contributed by atoms with Crippen molar-refractivity contribution in [1.82, 2.24) is 0 Å². The summed E-state index contributed by atoms with van der Waals surface area (Å²) >= 11 is 0. The van der Waals surface area contributed by atoms with E-state index in [9.17, 15) is 4.79 Å². The van der Waals surface area contributed by atoms with Gasteiger partial charge in [0.15, 0.2) is 0 Å². The molecule has 0 bridgehead atoms. The predicted molar refractivity (Wildman–Crippen MR) is 73.0 cm³/mol. The highest BCUT2D eigenvalue weighted by molar-refractivity contribution is 5.97. The average molecular weight is 248 g/mol. The number of hydrogen-bond donors (Lipinski definition) is 2. The van der Waals surface area contributed by atoms with Crippen molar-refractivity contribution in [3.8, 4) is 0 Å². The summed E-state index contributed by atoms with van der Waals surface area (Å²) in [5, 5.41) is 9.11. The molecule has 1 aliphatic carbocycles. The van der Waals surface area contributed by atoms with Gasteiger partial charge in [-0.25, -0.2) is 4.79 Å². The molecule has 0 atom stereocenters. The summed E-state index contributed by atoms with van der Waals surface area (Å²) in [5.41, 5.74) is 7.40. The Balaban J connectivity index is 2.34. The second-order valence-corrected chi connectivity index (χ2v) is 5.23. The van der Waals surface area contributed by atoms with Gasteiger partial charge in [0.2, 0.25) is 0 Å². The third-order valence-electron chi connectivity index (χ3n) is 3.40. The first kappa shape index (κ1) is 12.7. The molecule has 2 rings (SSSR count). The van der Waals surface area contributed by atoms with Crippen LogP contribution in [0.1, 0.15) is 37.0 Å². The summed E-state index contributed by atoms with van der Waals surface area (Å²) in [5.74, 6) is -0.232. The number of carboxylic acids is 1. The van der Waals surface area contributed by atoms with E-state index in [1.54, 1.807) is 12.1 Å². The topological polar surface area (TPSA) is 66.6 Å². The summed E-state index contributed by atoms with van der Waals surface area (Å²) in [7, 11) is 0. The fraction of sp³-hybridized carbons (Fsp3) is 0.500. The van der Waals surface area contributed by atoms with Crippen LogP contribution in [-0.2, 0) is 0 Å². The van der Waals surface area contributed by atoms with E-state index in [4.69, 9.17) is 10.8 Å². The molecule has 1 fully saturated rings. The lowest BCUT2D eigenvalue weighted by atomic mass is 10.1. The van der Waals surface area contributed by atoms with E-state index in [-0.39, 0.29) is 5.56 Å². The van der Waals surface area contributed by atoms with Gasteiger partial charge in [0.25, 0.3) is 0 Å². The molecule has 98 valence electrons. The number of carbonyl (C=O) groups is 1. The summed E-state index contributed by atoms with van der Waals surface area (Å²) in [6.07, 6.45) is 2.53. The van der Waals surface area contributed by atoms with Crippen LogP contribution >= 0.6 is 0 Å². The molecular formula is C14H20N2O2. The van der Waals surface area contributed by atoms with Crippen LogP contribution in [0, 0.1) is 5.92 Å². The van der Waals surface area contributed by atoms with Gasteiger partial charge in [-0.3, -0.25) is 0 Å². The highest BCUT2D eigenvalue weighted by atomic mass is 16.4. The van der Waals surface area contributed by atoms with Crippen LogP contribution in [0.15, 0.2) is 18.2 Å². The lowest BCUT2D eigenvalue weighted by Crippen LogP contribution is -2.33. The molecule has 0 aliphatic heterocycles. The van der Waals surface area contributed by atoms with Crippen molar-refractivity contribution < 1.29 is 9.90 Å². The van der Waals surface area contributed by atoms with E-state index in [0.717, 1.165) is 18.2 Å². The first-order valence-electron chi connectivity index (χ1n) is 6.39. The molecule has 0 saturated heterocycles. The van der Waals surface area contributed by atoms with Crippen molar-refractivity contribution in [2.24, 2.45) is 5.92 Å². The van der Waals surface area contributed by atoms with Gasteiger partial charge in [-0.05, 0) is 44.7 Å². The zero-order chi connectivity index (χ0) is 13.3. The largest absolute Gasteiger partial charge is 0.478 e. The minimum atomic E-state index is -0.968. The lowest BCUT2D eigenvalue weighted by Gasteiger charge is -2.30. The van der Waals surface area contributed by atoms with Crippen molar-refractivity contribution in [1.29, 1.82) is 0 Å². The Kier molecular flexibility index (Phi) is 3.45. The van der Waals surface area contributed by atoms with E-state index >= 15 is 0 Å². The SMILES string of the molecule is CC(C)N(CC1CC1)c1cccc(C(=O)O)c1N. The molecule has 0 heterocycles. The Morgan fingerprint density at radius 3 is 2.67 bits per heavy atom. The molecule has 0 radical (unpaired) electrons. The normalized spacial score (nSPS) is 14.8. The smallest absolute Gasteiger partial charge is 0.337 e. The van der Waals surface area contributed by atoms with Crippen molar-refractivity contribution in [3.63, 3.8) is 0 Å². The minimum Gasteiger partial charge on any atom is -0.478 e. The van der Waals surface area contributed by atoms with Crippen LogP contribution in [0.3, 0.4) is 0 Å². The molecule has 0 unspecified atom stereocenters. The number of aromatic carboxylic acids is 1. The van der Waals surface area contributed by atoms with Gasteiger partial charge in [0, 0.05) is 12.6 Å². The molecule has 1 saturated carbocycles. The number of anilines is 2. The Morgan fingerprint density at radius 1 is 1.50 bits per heavy atom. The molecule has 4 heteroatoms. The second-order valence-electron chi connectivity index (χ2n) is 5.23. The van der Waals surface area contributed by atoms with Crippen molar-refractivity contribution in [2.45, 2.75) is 32.7 Å². The summed E-state index contributed by atoms with van der Waals surface area (Å²) in [4.78, 5) is 13.3. The van der Waals surface area contributed by atoms with Crippen molar-refractivity contribution >= 4 is 17.3 Å². The Labute approximate surface area is 107 Å². The van der Waals surface area contributed by atoms with Crippen LogP contribution in [0.4, 0.5) is 11.4 Å². The predicted octanol–water partition coefficient (Wildman–Crippen LogP) is 2.59.